The van der Waals surface area contributed by atoms with Crippen LogP contribution in [0.3, 0.4) is 0 Å². The molecule has 0 bridgehead atoms. The van der Waals surface area contributed by atoms with Gasteiger partial charge in [0.2, 0.25) is 5.91 Å². The quantitative estimate of drug-likeness (QED) is 0.122. The lowest BCUT2D eigenvalue weighted by atomic mass is 10.0. The standard InChI is InChI=1S/C31H33N5O9/c1-4-14-35(17-21-16-22-24(15-18(21)2)32-19(3)33-28(22)40)36(29(41)20-8-6-5-7-9-20)25(31(44)45)11-12-26(37)34-23(30(42)43)10-13-27(38)39/h1,5-9,15-16,23,25H,10-14,17H2,2-3H3,(H,34,37)(H,38,39)(H,42,43)(H,44,45)(H,32,33,40)/t23-,25+/m1/s1. The summed E-state index contributed by atoms with van der Waals surface area (Å²) in [5, 5.41) is 33.3. The molecule has 1 aromatic heterocycles. The molecule has 0 saturated heterocycles. The second kappa shape index (κ2) is 15.3. The van der Waals surface area contributed by atoms with Crippen LogP contribution in [0.25, 0.3) is 10.9 Å². The maximum absolute atomic E-state index is 13.9. The van der Waals surface area contributed by atoms with Crippen molar-refractivity contribution in [1.29, 1.82) is 0 Å². The number of aromatic nitrogens is 2. The van der Waals surface area contributed by atoms with Crippen LogP contribution in [-0.4, -0.2) is 83.7 Å². The number of aryl methyl sites for hydroxylation is 2. The van der Waals surface area contributed by atoms with E-state index in [1.807, 2.05) is 0 Å². The van der Waals surface area contributed by atoms with Crippen LogP contribution in [0.4, 0.5) is 0 Å². The van der Waals surface area contributed by atoms with Crippen molar-refractivity contribution in [2.75, 3.05) is 6.54 Å². The molecule has 236 valence electrons. The van der Waals surface area contributed by atoms with Gasteiger partial charge in [-0.15, -0.1) is 6.42 Å². The van der Waals surface area contributed by atoms with Crippen molar-refractivity contribution in [3.63, 3.8) is 0 Å². The van der Waals surface area contributed by atoms with E-state index in [-0.39, 0.29) is 36.0 Å². The Bertz CT molecular complexity index is 1700. The first-order chi connectivity index (χ1) is 21.3. The molecule has 0 spiro atoms. The van der Waals surface area contributed by atoms with Crippen molar-refractivity contribution in [2.24, 2.45) is 0 Å². The van der Waals surface area contributed by atoms with E-state index in [0.29, 0.717) is 22.5 Å². The number of hydrazine groups is 1. The van der Waals surface area contributed by atoms with Gasteiger partial charge in [0.25, 0.3) is 11.5 Å². The smallest absolute Gasteiger partial charge is 0.328 e. The van der Waals surface area contributed by atoms with Crippen LogP contribution in [0.5, 0.6) is 0 Å². The zero-order chi connectivity index (χ0) is 33.3. The third kappa shape index (κ3) is 8.97. The van der Waals surface area contributed by atoms with E-state index in [1.54, 1.807) is 44.2 Å². The second-order valence-electron chi connectivity index (χ2n) is 10.3. The number of amides is 2. The molecule has 2 amide bonds. The summed E-state index contributed by atoms with van der Waals surface area (Å²) >= 11 is 0. The molecular weight excluding hydrogens is 586 g/mol. The van der Waals surface area contributed by atoms with Crippen LogP contribution in [0, 0.1) is 26.2 Å². The number of carboxylic acid groups (broad SMARTS) is 3. The van der Waals surface area contributed by atoms with Gasteiger partial charge in [-0.3, -0.25) is 24.2 Å². The fourth-order valence-corrected chi connectivity index (χ4v) is 4.72. The van der Waals surface area contributed by atoms with Crippen molar-refractivity contribution in [3.05, 3.63) is 75.3 Å². The minimum atomic E-state index is -1.63. The van der Waals surface area contributed by atoms with Crippen molar-refractivity contribution in [3.8, 4) is 12.3 Å². The van der Waals surface area contributed by atoms with E-state index in [4.69, 9.17) is 11.5 Å². The minimum absolute atomic E-state index is 0.0931. The number of carbonyl (C=O) groups is 5. The summed E-state index contributed by atoms with van der Waals surface area (Å²) in [6.45, 7) is 3.09. The predicted octanol–water partition coefficient (Wildman–Crippen LogP) is 1.70. The van der Waals surface area contributed by atoms with Crippen molar-refractivity contribution in [1.82, 2.24) is 25.3 Å². The van der Waals surface area contributed by atoms with E-state index < -0.39 is 61.1 Å². The summed E-state index contributed by atoms with van der Waals surface area (Å²) in [6, 6.07) is 8.00. The Morgan fingerprint density at radius 2 is 1.69 bits per heavy atom. The number of hydrogen-bond donors (Lipinski definition) is 5. The molecule has 2 atom stereocenters. The third-order valence-corrected chi connectivity index (χ3v) is 6.95. The summed E-state index contributed by atoms with van der Waals surface area (Å²) in [7, 11) is 0. The molecule has 1 heterocycles. The molecule has 2 aromatic carbocycles. The van der Waals surface area contributed by atoms with Gasteiger partial charge in [-0.05, 0) is 62.1 Å². The Labute approximate surface area is 257 Å². The van der Waals surface area contributed by atoms with Crippen molar-refractivity contribution < 1.29 is 39.3 Å². The first-order valence-corrected chi connectivity index (χ1v) is 13.9. The largest absolute Gasteiger partial charge is 0.481 e. The Morgan fingerprint density at radius 1 is 1.00 bits per heavy atom. The highest BCUT2D eigenvalue weighted by molar-refractivity contribution is 5.96. The molecule has 0 fully saturated rings. The van der Waals surface area contributed by atoms with Gasteiger partial charge >= 0.3 is 17.9 Å². The lowest BCUT2D eigenvalue weighted by Gasteiger charge is -2.38. The maximum atomic E-state index is 13.9. The number of terminal acetylenes is 1. The number of benzene rings is 2. The Balaban J connectivity index is 1.99. The summed E-state index contributed by atoms with van der Waals surface area (Å²) in [4.78, 5) is 81.3. The lowest BCUT2D eigenvalue weighted by Crippen LogP contribution is -2.55. The van der Waals surface area contributed by atoms with E-state index in [2.05, 4.69) is 21.2 Å². The zero-order valence-corrected chi connectivity index (χ0v) is 24.6. The summed E-state index contributed by atoms with van der Waals surface area (Å²) in [5.41, 5.74) is 1.47. The van der Waals surface area contributed by atoms with E-state index in [0.717, 1.165) is 5.01 Å². The van der Waals surface area contributed by atoms with E-state index in [9.17, 15) is 39.0 Å². The number of rotatable bonds is 15. The highest BCUT2D eigenvalue weighted by Gasteiger charge is 2.36. The number of carbonyl (C=O) groups excluding carboxylic acids is 2. The van der Waals surface area contributed by atoms with Crippen LogP contribution >= 0.6 is 0 Å². The predicted molar refractivity (Wildman–Crippen MR) is 161 cm³/mol. The number of H-pyrrole nitrogens is 1. The second-order valence-corrected chi connectivity index (χ2v) is 10.3. The number of carboxylic acids is 3. The SMILES string of the molecule is C#CCN(Cc1cc2c(=O)[nH]c(C)nc2cc1C)N(C(=O)c1ccccc1)[C@@H](CCC(=O)N[C@H](CCC(=O)O)C(=O)O)C(=O)O. The molecule has 45 heavy (non-hydrogen) atoms. The Hall–Kier alpha value is -5.55. The molecule has 3 rings (SSSR count). The first-order valence-electron chi connectivity index (χ1n) is 13.9. The fourth-order valence-electron chi connectivity index (χ4n) is 4.72. The number of nitrogens with zero attached hydrogens (tertiary/aromatic N) is 3. The zero-order valence-electron chi connectivity index (χ0n) is 24.6. The molecular formula is C31H33N5O9. The van der Waals surface area contributed by atoms with Gasteiger partial charge in [0.05, 0.1) is 17.4 Å². The molecule has 0 aliphatic carbocycles. The van der Waals surface area contributed by atoms with Gasteiger partial charge in [0, 0.05) is 24.9 Å². The maximum Gasteiger partial charge on any atom is 0.328 e. The van der Waals surface area contributed by atoms with Gasteiger partial charge in [-0.2, -0.15) is 0 Å². The average molecular weight is 620 g/mol. The van der Waals surface area contributed by atoms with Crippen molar-refractivity contribution in [2.45, 2.75) is 58.2 Å². The number of fused-ring (bicyclic) bond motifs is 1. The van der Waals surface area contributed by atoms with E-state index >= 15 is 0 Å². The van der Waals surface area contributed by atoms with Crippen LogP contribution in [0.15, 0.2) is 47.3 Å². The van der Waals surface area contributed by atoms with Gasteiger partial charge in [-0.1, -0.05) is 24.1 Å². The molecule has 0 aliphatic heterocycles. The lowest BCUT2D eigenvalue weighted by molar-refractivity contribution is -0.150. The molecule has 14 heteroatoms. The van der Waals surface area contributed by atoms with Crippen molar-refractivity contribution >= 4 is 40.6 Å². The highest BCUT2D eigenvalue weighted by atomic mass is 16.4. The molecule has 0 radical (unpaired) electrons. The summed E-state index contributed by atoms with van der Waals surface area (Å²) < 4.78 is 0. The number of nitrogens with one attached hydrogen (secondary N) is 2. The molecule has 14 nitrogen and oxygen atoms in total. The van der Waals surface area contributed by atoms with Crippen LogP contribution in [0.2, 0.25) is 0 Å². The molecule has 5 N–H and O–H groups in total. The topological polar surface area (TPSA) is 210 Å². The highest BCUT2D eigenvalue weighted by Crippen LogP contribution is 2.22. The fraction of sp³-hybridized carbons (Fsp3) is 0.323. The van der Waals surface area contributed by atoms with Crippen LogP contribution in [0.1, 0.15) is 53.0 Å². The summed E-state index contributed by atoms with van der Waals surface area (Å²) in [5.74, 6) is -2.86. The molecule has 0 unspecified atom stereocenters. The minimum Gasteiger partial charge on any atom is -0.481 e. The molecule has 3 aromatic rings. The molecule has 0 aliphatic rings. The van der Waals surface area contributed by atoms with Gasteiger partial charge < -0.3 is 25.6 Å². The Kier molecular flexibility index (Phi) is 11.5. The number of aromatic amines is 1. The Morgan fingerprint density at radius 3 is 2.29 bits per heavy atom. The van der Waals surface area contributed by atoms with Crippen LogP contribution < -0.4 is 10.9 Å². The van der Waals surface area contributed by atoms with E-state index in [1.165, 1.54) is 17.1 Å². The van der Waals surface area contributed by atoms with Gasteiger partial charge in [0.1, 0.15) is 17.9 Å². The average Bonchev–Trinajstić information content (AvgIpc) is 2.97. The summed E-state index contributed by atoms with van der Waals surface area (Å²) in [6.07, 6.45) is 3.82. The number of aliphatic carboxylic acids is 3. The van der Waals surface area contributed by atoms with Gasteiger partial charge in [-0.25, -0.2) is 19.6 Å². The first kappa shape index (κ1) is 33.9. The number of hydrogen-bond acceptors (Lipinski definition) is 8. The molecule has 0 saturated carbocycles. The van der Waals surface area contributed by atoms with Crippen LogP contribution in [-0.2, 0) is 25.7 Å². The van der Waals surface area contributed by atoms with Gasteiger partial charge in [0.15, 0.2) is 0 Å². The normalized spacial score (nSPS) is 12.2. The third-order valence-electron chi connectivity index (χ3n) is 6.95. The monoisotopic (exact) mass is 619 g/mol.